The highest BCUT2D eigenvalue weighted by Crippen LogP contribution is 2.31. The number of halogens is 3. The van der Waals surface area contributed by atoms with E-state index in [1.165, 1.54) is 24.7 Å². The first kappa shape index (κ1) is 22.9. The summed E-state index contributed by atoms with van der Waals surface area (Å²) in [5, 5.41) is 5.69. The molecule has 2 atom stereocenters. The van der Waals surface area contributed by atoms with E-state index in [0.29, 0.717) is 30.2 Å². The largest absolute Gasteiger partial charge is 0.475 e. The van der Waals surface area contributed by atoms with E-state index in [0.717, 1.165) is 11.3 Å². The third kappa shape index (κ3) is 7.17. The zero-order chi connectivity index (χ0) is 22.4. The Hall–Kier alpha value is -2.73. The summed E-state index contributed by atoms with van der Waals surface area (Å²) in [5.74, 6) is -0.299. The molecule has 1 aliphatic heterocycles. The monoisotopic (exact) mass is 457 g/mol. The maximum atomic E-state index is 12.6. The van der Waals surface area contributed by atoms with Crippen molar-refractivity contribution in [2.24, 2.45) is 5.92 Å². The quantitative estimate of drug-likeness (QED) is 0.633. The second kappa shape index (κ2) is 10.1. The lowest BCUT2D eigenvalue weighted by Crippen LogP contribution is -2.36. The molecule has 12 heteroatoms. The molecule has 0 radical (unpaired) electrons. The van der Waals surface area contributed by atoms with Crippen LogP contribution in [0.5, 0.6) is 5.06 Å². The Kier molecular flexibility index (Phi) is 7.44. The van der Waals surface area contributed by atoms with Crippen LogP contribution in [0.2, 0.25) is 0 Å². The van der Waals surface area contributed by atoms with E-state index in [1.54, 1.807) is 13.0 Å². The molecule has 0 bridgehead atoms. The SMILES string of the molecule is CC(NC(=O)[C@@H]1CCN(CC(=O)Nc2cnccn2)C1)c1ccc(OCC(F)(F)F)s1. The molecule has 1 unspecified atom stereocenters. The van der Waals surface area contributed by atoms with Crippen molar-refractivity contribution in [3.63, 3.8) is 0 Å². The van der Waals surface area contributed by atoms with E-state index in [1.807, 2.05) is 4.90 Å². The zero-order valence-electron chi connectivity index (χ0n) is 16.7. The van der Waals surface area contributed by atoms with Crippen LogP contribution < -0.4 is 15.4 Å². The van der Waals surface area contributed by atoms with Gasteiger partial charge in [0.25, 0.3) is 0 Å². The molecule has 2 aromatic heterocycles. The van der Waals surface area contributed by atoms with E-state index >= 15 is 0 Å². The molecule has 2 aromatic rings. The lowest BCUT2D eigenvalue weighted by atomic mass is 10.1. The molecule has 3 rings (SSSR count). The van der Waals surface area contributed by atoms with Crippen LogP contribution in [0.4, 0.5) is 19.0 Å². The summed E-state index contributed by atoms with van der Waals surface area (Å²) < 4.78 is 41.5. The van der Waals surface area contributed by atoms with Gasteiger partial charge in [0.2, 0.25) is 11.8 Å². The van der Waals surface area contributed by atoms with E-state index in [4.69, 9.17) is 4.74 Å². The van der Waals surface area contributed by atoms with E-state index < -0.39 is 12.8 Å². The number of amides is 2. The summed E-state index contributed by atoms with van der Waals surface area (Å²) in [6.45, 7) is 1.60. The molecule has 1 aliphatic rings. The van der Waals surface area contributed by atoms with Gasteiger partial charge in [-0.3, -0.25) is 19.5 Å². The Morgan fingerprint density at radius 3 is 2.87 bits per heavy atom. The van der Waals surface area contributed by atoms with E-state index in [9.17, 15) is 22.8 Å². The smallest absolute Gasteiger partial charge is 0.422 e. The molecule has 168 valence electrons. The molecule has 8 nitrogen and oxygen atoms in total. The first-order valence-electron chi connectivity index (χ1n) is 9.57. The molecule has 2 N–H and O–H groups in total. The van der Waals surface area contributed by atoms with Crippen LogP contribution in [0.25, 0.3) is 0 Å². The predicted molar refractivity (Wildman–Crippen MR) is 108 cm³/mol. The maximum absolute atomic E-state index is 12.6. The standard InChI is InChI=1S/C19H22F3N5O3S/c1-12(14-2-3-17(31-14)30-11-19(20,21)22)25-18(29)13-4-7-27(9-13)10-16(28)26-15-8-23-5-6-24-15/h2-3,5-6,8,12-13H,4,7,9-11H2,1H3,(H,25,29)(H,24,26,28)/t12?,13-/m1/s1. The molecule has 0 aromatic carbocycles. The summed E-state index contributed by atoms with van der Waals surface area (Å²) in [6, 6.07) is 2.73. The molecular formula is C19H22F3N5O3S. The first-order chi connectivity index (χ1) is 14.7. The molecule has 3 heterocycles. The van der Waals surface area contributed by atoms with Crippen molar-refractivity contribution in [1.82, 2.24) is 20.2 Å². The minimum absolute atomic E-state index is 0.140. The van der Waals surface area contributed by atoms with Crippen molar-refractivity contribution in [3.05, 3.63) is 35.6 Å². The lowest BCUT2D eigenvalue weighted by molar-refractivity contribution is -0.152. The Bertz CT molecular complexity index is 893. The molecular weight excluding hydrogens is 435 g/mol. The van der Waals surface area contributed by atoms with Gasteiger partial charge in [-0.2, -0.15) is 13.2 Å². The molecule has 31 heavy (non-hydrogen) atoms. The van der Waals surface area contributed by atoms with Crippen LogP contribution in [0.1, 0.15) is 24.3 Å². The van der Waals surface area contributed by atoms with Gasteiger partial charge in [-0.25, -0.2) is 4.98 Å². The molecule has 0 aliphatic carbocycles. The highest BCUT2D eigenvalue weighted by Gasteiger charge is 2.31. The Morgan fingerprint density at radius 2 is 2.16 bits per heavy atom. The number of nitrogens with zero attached hydrogens (tertiary/aromatic N) is 3. The number of likely N-dealkylation sites (tertiary alicyclic amines) is 1. The van der Waals surface area contributed by atoms with Gasteiger partial charge in [-0.05, 0) is 32.0 Å². The Balaban J connectivity index is 1.43. The van der Waals surface area contributed by atoms with Crippen molar-refractivity contribution in [2.75, 3.05) is 31.6 Å². The van der Waals surface area contributed by atoms with Gasteiger partial charge in [-0.15, -0.1) is 11.3 Å². The van der Waals surface area contributed by atoms with Gasteiger partial charge in [0, 0.05) is 23.8 Å². The van der Waals surface area contributed by atoms with Crippen LogP contribution in [0, 0.1) is 5.92 Å². The highest BCUT2D eigenvalue weighted by molar-refractivity contribution is 7.13. The number of hydrogen-bond acceptors (Lipinski definition) is 7. The first-order valence-corrected chi connectivity index (χ1v) is 10.4. The van der Waals surface area contributed by atoms with Crippen LogP contribution in [-0.4, -0.2) is 59.1 Å². The van der Waals surface area contributed by atoms with Gasteiger partial charge >= 0.3 is 6.18 Å². The number of carbonyl (C=O) groups is 2. The molecule has 0 saturated carbocycles. The van der Waals surface area contributed by atoms with Gasteiger partial charge in [0.1, 0.15) is 0 Å². The topological polar surface area (TPSA) is 96.5 Å². The number of ether oxygens (including phenoxy) is 1. The van der Waals surface area contributed by atoms with E-state index in [-0.39, 0.29) is 35.4 Å². The number of aromatic nitrogens is 2. The number of anilines is 1. The van der Waals surface area contributed by atoms with Crippen LogP contribution in [0.15, 0.2) is 30.7 Å². The second-order valence-electron chi connectivity index (χ2n) is 7.15. The number of carbonyl (C=O) groups excluding carboxylic acids is 2. The molecule has 1 saturated heterocycles. The predicted octanol–water partition coefficient (Wildman–Crippen LogP) is 2.62. The fourth-order valence-corrected chi connectivity index (χ4v) is 4.00. The van der Waals surface area contributed by atoms with Gasteiger partial charge in [0.05, 0.1) is 24.7 Å². The van der Waals surface area contributed by atoms with E-state index in [2.05, 4.69) is 20.6 Å². The average Bonchev–Trinajstić information content (AvgIpc) is 3.36. The minimum atomic E-state index is -4.40. The minimum Gasteiger partial charge on any atom is -0.475 e. The van der Waals surface area contributed by atoms with Crippen LogP contribution >= 0.6 is 11.3 Å². The molecule has 2 amide bonds. The summed E-state index contributed by atoms with van der Waals surface area (Å²) >= 11 is 1.06. The number of hydrogen-bond donors (Lipinski definition) is 2. The highest BCUT2D eigenvalue weighted by atomic mass is 32.1. The summed E-state index contributed by atoms with van der Waals surface area (Å²) in [5.41, 5.74) is 0. The number of thiophene rings is 1. The summed E-state index contributed by atoms with van der Waals surface area (Å²) in [4.78, 5) is 35.1. The van der Waals surface area contributed by atoms with Crippen molar-refractivity contribution in [2.45, 2.75) is 25.6 Å². The van der Waals surface area contributed by atoms with Crippen LogP contribution in [0.3, 0.4) is 0 Å². The van der Waals surface area contributed by atoms with Gasteiger partial charge in [-0.1, -0.05) is 0 Å². The Morgan fingerprint density at radius 1 is 1.35 bits per heavy atom. The summed E-state index contributed by atoms with van der Waals surface area (Å²) in [6.07, 6.45) is 0.646. The van der Waals surface area contributed by atoms with Gasteiger partial charge in [0.15, 0.2) is 17.5 Å². The number of rotatable bonds is 8. The zero-order valence-corrected chi connectivity index (χ0v) is 17.5. The van der Waals surface area contributed by atoms with Crippen molar-refractivity contribution < 1.29 is 27.5 Å². The lowest BCUT2D eigenvalue weighted by Gasteiger charge is -2.17. The molecule has 1 fully saturated rings. The third-order valence-corrected chi connectivity index (χ3v) is 5.79. The van der Waals surface area contributed by atoms with Gasteiger partial charge < -0.3 is 15.4 Å². The van der Waals surface area contributed by atoms with Crippen LogP contribution in [-0.2, 0) is 9.59 Å². The number of alkyl halides is 3. The Labute approximate surface area is 180 Å². The maximum Gasteiger partial charge on any atom is 0.422 e. The van der Waals surface area contributed by atoms with Crippen molar-refractivity contribution >= 4 is 29.0 Å². The molecule has 0 spiro atoms. The normalized spacial score (nSPS) is 17.9. The fourth-order valence-electron chi connectivity index (χ4n) is 3.14. The van der Waals surface area contributed by atoms with Crippen molar-refractivity contribution in [1.29, 1.82) is 0 Å². The number of nitrogens with one attached hydrogen (secondary N) is 2. The summed E-state index contributed by atoms with van der Waals surface area (Å²) in [7, 11) is 0. The fraction of sp³-hybridized carbons (Fsp3) is 0.474. The average molecular weight is 457 g/mol. The third-order valence-electron chi connectivity index (χ3n) is 4.61. The second-order valence-corrected chi connectivity index (χ2v) is 8.23. The van der Waals surface area contributed by atoms with Crippen molar-refractivity contribution in [3.8, 4) is 5.06 Å².